The van der Waals surface area contributed by atoms with Crippen molar-refractivity contribution >= 4 is 11.4 Å². The molecule has 0 aliphatic carbocycles. The van der Waals surface area contributed by atoms with Crippen molar-refractivity contribution in [2.24, 2.45) is 0 Å². The summed E-state index contributed by atoms with van der Waals surface area (Å²) in [7, 11) is 0. The summed E-state index contributed by atoms with van der Waals surface area (Å²) in [5.41, 5.74) is 7.13. The summed E-state index contributed by atoms with van der Waals surface area (Å²) in [5, 5.41) is 13.2. The number of nitrogens with one attached hydrogen (secondary N) is 1. The van der Waals surface area contributed by atoms with Gasteiger partial charge in [0.25, 0.3) is 0 Å². The van der Waals surface area contributed by atoms with Gasteiger partial charge in [-0.3, -0.25) is 0 Å². The molecule has 0 bridgehead atoms. The molecule has 1 aliphatic rings. The highest BCUT2D eigenvalue weighted by atomic mass is 16.3. The first-order valence-electron chi connectivity index (χ1n) is 7.00. The second kappa shape index (κ2) is 5.80. The molecule has 1 aromatic carbocycles. The standard InChI is InChI=1S/C15H25N3O/c1-15(2,19)11-17-13-7-9-18(10-8-13)14-5-3-12(16)4-6-14/h3-6,13,17,19H,7-11,16H2,1-2H3. The molecule has 1 aliphatic heterocycles. The Balaban J connectivity index is 1.81. The molecule has 0 atom stereocenters. The fourth-order valence-corrected chi connectivity index (χ4v) is 2.42. The maximum Gasteiger partial charge on any atom is 0.0715 e. The quantitative estimate of drug-likeness (QED) is 0.722. The number of rotatable bonds is 4. The highest BCUT2D eigenvalue weighted by Gasteiger charge is 2.21. The second-order valence-corrected chi connectivity index (χ2v) is 6.05. The average Bonchev–Trinajstić information content (AvgIpc) is 2.37. The molecule has 2 rings (SSSR count). The summed E-state index contributed by atoms with van der Waals surface area (Å²) in [4.78, 5) is 2.39. The zero-order chi connectivity index (χ0) is 13.9. The van der Waals surface area contributed by atoms with Crippen molar-refractivity contribution in [3.8, 4) is 0 Å². The van der Waals surface area contributed by atoms with Gasteiger partial charge in [0, 0.05) is 37.1 Å². The molecule has 1 aromatic rings. The molecule has 0 unspecified atom stereocenters. The van der Waals surface area contributed by atoms with E-state index in [0.29, 0.717) is 12.6 Å². The summed E-state index contributed by atoms with van der Waals surface area (Å²) in [6, 6.07) is 8.58. The maximum absolute atomic E-state index is 9.72. The minimum absolute atomic E-state index is 0.511. The lowest BCUT2D eigenvalue weighted by atomic mass is 10.0. The van der Waals surface area contributed by atoms with Gasteiger partial charge in [-0.05, 0) is 51.0 Å². The van der Waals surface area contributed by atoms with E-state index in [9.17, 15) is 5.11 Å². The largest absolute Gasteiger partial charge is 0.399 e. The van der Waals surface area contributed by atoms with E-state index in [-0.39, 0.29) is 0 Å². The van der Waals surface area contributed by atoms with Crippen LogP contribution >= 0.6 is 0 Å². The van der Waals surface area contributed by atoms with Gasteiger partial charge in [-0.1, -0.05) is 0 Å². The molecule has 19 heavy (non-hydrogen) atoms. The lowest BCUT2D eigenvalue weighted by Crippen LogP contribution is -2.46. The van der Waals surface area contributed by atoms with E-state index < -0.39 is 5.60 Å². The first-order chi connectivity index (χ1) is 8.94. The Morgan fingerprint density at radius 3 is 2.37 bits per heavy atom. The molecular formula is C15H25N3O. The molecule has 4 N–H and O–H groups in total. The SMILES string of the molecule is CC(C)(O)CNC1CCN(c2ccc(N)cc2)CC1. The Bertz CT molecular complexity index is 389. The Labute approximate surface area is 115 Å². The predicted molar refractivity (Wildman–Crippen MR) is 80.4 cm³/mol. The van der Waals surface area contributed by atoms with E-state index in [1.54, 1.807) is 0 Å². The summed E-state index contributed by atoms with van der Waals surface area (Å²) < 4.78 is 0. The van der Waals surface area contributed by atoms with Crippen LogP contribution < -0.4 is 16.0 Å². The van der Waals surface area contributed by atoms with Crippen LogP contribution in [0.2, 0.25) is 0 Å². The van der Waals surface area contributed by atoms with Crippen LogP contribution in [-0.4, -0.2) is 36.4 Å². The third kappa shape index (κ3) is 4.40. The normalized spacial score (nSPS) is 17.7. The number of aliphatic hydroxyl groups is 1. The van der Waals surface area contributed by atoms with Gasteiger partial charge in [-0.15, -0.1) is 0 Å². The predicted octanol–water partition coefficient (Wildman–Crippen LogP) is 1.60. The Kier molecular flexibility index (Phi) is 4.32. The summed E-state index contributed by atoms with van der Waals surface area (Å²) in [5.74, 6) is 0. The van der Waals surface area contributed by atoms with Crippen molar-refractivity contribution in [3.05, 3.63) is 24.3 Å². The van der Waals surface area contributed by atoms with Crippen molar-refractivity contribution in [3.63, 3.8) is 0 Å². The molecule has 106 valence electrons. The lowest BCUT2D eigenvalue weighted by molar-refractivity contribution is 0.0752. The number of benzene rings is 1. The molecule has 0 aromatic heterocycles. The number of nitrogen functional groups attached to an aromatic ring is 1. The van der Waals surface area contributed by atoms with Crippen molar-refractivity contribution in [2.45, 2.75) is 38.3 Å². The zero-order valence-corrected chi connectivity index (χ0v) is 11.9. The summed E-state index contributed by atoms with van der Waals surface area (Å²) in [6.45, 7) is 6.42. The smallest absolute Gasteiger partial charge is 0.0715 e. The summed E-state index contributed by atoms with van der Waals surface area (Å²) in [6.07, 6.45) is 2.22. The highest BCUT2D eigenvalue weighted by molar-refractivity contribution is 5.53. The monoisotopic (exact) mass is 263 g/mol. The van der Waals surface area contributed by atoms with E-state index in [0.717, 1.165) is 31.6 Å². The maximum atomic E-state index is 9.72. The van der Waals surface area contributed by atoms with Crippen LogP contribution in [-0.2, 0) is 0 Å². The molecule has 0 amide bonds. The number of anilines is 2. The molecule has 4 nitrogen and oxygen atoms in total. The second-order valence-electron chi connectivity index (χ2n) is 6.05. The Morgan fingerprint density at radius 1 is 1.26 bits per heavy atom. The Hall–Kier alpha value is -1.26. The molecule has 4 heteroatoms. The fraction of sp³-hybridized carbons (Fsp3) is 0.600. The van der Waals surface area contributed by atoms with Gasteiger partial charge in [-0.2, -0.15) is 0 Å². The summed E-state index contributed by atoms with van der Waals surface area (Å²) >= 11 is 0. The molecule has 0 radical (unpaired) electrons. The number of hydrogen-bond donors (Lipinski definition) is 3. The minimum atomic E-state index is -0.631. The minimum Gasteiger partial charge on any atom is -0.399 e. The van der Waals surface area contributed by atoms with Gasteiger partial charge in [0.15, 0.2) is 0 Å². The van der Waals surface area contributed by atoms with Crippen LogP contribution in [0.3, 0.4) is 0 Å². The van der Waals surface area contributed by atoms with E-state index in [4.69, 9.17) is 5.73 Å². The van der Waals surface area contributed by atoms with Crippen molar-refractivity contribution in [2.75, 3.05) is 30.3 Å². The van der Waals surface area contributed by atoms with Gasteiger partial charge < -0.3 is 21.1 Å². The third-order valence-electron chi connectivity index (χ3n) is 3.58. The van der Waals surface area contributed by atoms with E-state index >= 15 is 0 Å². The van der Waals surface area contributed by atoms with E-state index in [2.05, 4.69) is 22.3 Å². The molecule has 0 saturated carbocycles. The van der Waals surface area contributed by atoms with Crippen LogP contribution in [0, 0.1) is 0 Å². The van der Waals surface area contributed by atoms with Gasteiger partial charge in [-0.25, -0.2) is 0 Å². The number of hydrogen-bond acceptors (Lipinski definition) is 4. The van der Waals surface area contributed by atoms with Crippen LogP contribution in [0.4, 0.5) is 11.4 Å². The van der Waals surface area contributed by atoms with Gasteiger partial charge in [0.05, 0.1) is 5.60 Å². The molecule has 0 spiro atoms. The average molecular weight is 263 g/mol. The number of nitrogens with two attached hydrogens (primary N) is 1. The van der Waals surface area contributed by atoms with Crippen LogP contribution in [0.5, 0.6) is 0 Å². The number of nitrogens with zero attached hydrogens (tertiary/aromatic N) is 1. The Morgan fingerprint density at radius 2 is 1.84 bits per heavy atom. The van der Waals surface area contributed by atoms with E-state index in [1.807, 2.05) is 26.0 Å². The van der Waals surface area contributed by atoms with Crippen LogP contribution in [0.15, 0.2) is 24.3 Å². The van der Waals surface area contributed by atoms with Gasteiger partial charge in [0.2, 0.25) is 0 Å². The topological polar surface area (TPSA) is 61.5 Å². The third-order valence-corrected chi connectivity index (χ3v) is 3.58. The van der Waals surface area contributed by atoms with Crippen molar-refractivity contribution < 1.29 is 5.11 Å². The fourth-order valence-electron chi connectivity index (χ4n) is 2.42. The van der Waals surface area contributed by atoms with Gasteiger partial charge in [0.1, 0.15) is 0 Å². The van der Waals surface area contributed by atoms with Crippen LogP contribution in [0.25, 0.3) is 0 Å². The van der Waals surface area contributed by atoms with E-state index in [1.165, 1.54) is 5.69 Å². The molecule has 1 heterocycles. The zero-order valence-electron chi connectivity index (χ0n) is 11.9. The van der Waals surface area contributed by atoms with Crippen molar-refractivity contribution in [1.29, 1.82) is 0 Å². The lowest BCUT2D eigenvalue weighted by Gasteiger charge is -2.35. The first-order valence-corrected chi connectivity index (χ1v) is 7.00. The van der Waals surface area contributed by atoms with Crippen molar-refractivity contribution in [1.82, 2.24) is 5.32 Å². The number of piperidine rings is 1. The highest BCUT2D eigenvalue weighted by Crippen LogP contribution is 2.21. The first kappa shape index (κ1) is 14.2. The molecule has 1 fully saturated rings. The van der Waals surface area contributed by atoms with Gasteiger partial charge >= 0.3 is 0 Å². The molecule has 1 saturated heterocycles. The van der Waals surface area contributed by atoms with Crippen LogP contribution in [0.1, 0.15) is 26.7 Å². The molecular weight excluding hydrogens is 238 g/mol.